The number of rotatable bonds is 6. The summed E-state index contributed by atoms with van der Waals surface area (Å²) >= 11 is 0. The van der Waals surface area contributed by atoms with Crippen molar-refractivity contribution in [2.75, 3.05) is 39.9 Å². The summed E-state index contributed by atoms with van der Waals surface area (Å²) in [4.78, 5) is 2.70. The number of likely N-dealkylation sites (tertiary alicyclic amines) is 1. The maximum absolute atomic E-state index is 6.62. The quantitative estimate of drug-likeness (QED) is 0.838. The summed E-state index contributed by atoms with van der Waals surface area (Å²) in [5.41, 5.74) is 4.10. The molecule has 0 unspecified atom stereocenters. The SMILES string of the molecule is COCCc1ccc(O[C@@H]2c3ccccc3C[C@H]2N2C[C@H]3CNC[C@H]3C2)cc1. The maximum Gasteiger partial charge on any atom is 0.140 e. The van der Waals surface area contributed by atoms with Crippen LogP contribution in [0.2, 0.25) is 0 Å². The Morgan fingerprint density at radius 1 is 1.00 bits per heavy atom. The van der Waals surface area contributed by atoms with Crippen LogP contribution in [0.5, 0.6) is 5.75 Å². The van der Waals surface area contributed by atoms with E-state index in [1.807, 2.05) is 0 Å². The first-order valence-corrected chi connectivity index (χ1v) is 10.6. The van der Waals surface area contributed by atoms with E-state index in [0.717, 1.165) is 37.0 Å². The van der Waals surface area contributed by atoms with Gasteiger partial charge in [-0.05, 0) is 66.6 Å². The lowest BCUT2D eigenvalue weighted by molar-refractivity contribution is 0.0890. The molecule has 0 aromatic heterocycles. The number of nitrogens with one attached hydrogen (secondary N) is 1. The van der Waals surface area contributed by atoms with E-state index < -0.39 is 0 Å². The molecule has 4 heteroatoms. The predicted molar refractivity (Wildman–Crippen MR) is 111 cm³/mol. The minimum absolute atomic E-state index is 0.118. The largest absolute Gasteiger partial charge is 0.484 e. The molecule has 1 N–H and O–H groups in total. The Labute approximate surface area is 167 Å². The van der Waals surface area contributed by atoms with E-state index in [1.54, 1.807) is 7.11 Å². The number of fused-ring (bicyclic) bond motifs is 2. The van der Waals surface area contributed by atoms with Crippen molar-refractivity contribution in [1.82, 2.24) is 10.2 Å². The number of hydrogen-bond acceptors (Lipinski definition) is 4. The van der Waals surface area contributed by atoms with Crippen LogP contribution in [0.15, 0.2) is 48.5 Å². The standard InChI is InChI=1S/C24H30N2O2/c1-27-11-10-17-6-8-21(9-7-17)28-24-22-5-3-2-4-18(22)12-23(24)26-15-19-13-25-14-20(19)16-26/h2-9,19-20,23-25H,10-16H2,1H3/t19-,20+,23-,24-/m1/s1. The molecule has 1 aliphatic carbocycles. The van der Waals surface area contributed by atoms with Gasteiger partial charge < -0.3 is 14.8 Å². The maximum atomic E-state index is 6.62. The average molecular weight is 379 g/mol. The second-order valence-electron chi connectivity index (χ2n) is 8.53. The van der Waals surface area contributed by atoms with Gasteiger partial charge >= 0.3 is 0 Å². The molecule has 2 heterocycles. The van der Waals surface area contributed by atoms with Crippen LogP contribution >= 0.6 is 0 Å². The Kier molecular flexibility index (Phi) is 5.10. The lowest BCUT2D eigenvalue weighted by Gasteiger charge is -2.31. The predicted octanol–water partition coefficient (Wildman–Crippen LogP) is 3.07. The van der Waals surface area contributed by atoms with Crippen molar-refractivity contribution in [1.29, 1.82) is 0 Å². The number of hydrogen-bond donors (Lipinski definition) is 1. The van der Waals surface area contributed by atoms with Crippen molar-refractivity contribution in [3.05, 3.63) is 65.2 Å². The van der Waals surface area contributed by atoms with Gasteiger partial charge in [0.25, 0.3) is 0 Å². The highest BCUT2D eigenvalue weighted by atomic mass is 16.5. The van der Waals surface area contributed by atoms with Gasteiger partial charge in [0.2, 0.25) is 0 Å². The minimum atomic E-state index is 0.118. The van der Waals surface area contributed by atoms with Gasteiger partial charge in [0.15, 0.2) is 0 Å². The molecule has 5 rings (SSSR count). The van der Waals surface area contributed by atoms with Crippen molar-refractivity contribution in [3.63, 3.8) is 0 Å². The first-order chi connectivity index (χ1) is 13.8. The van der Waals surface area contributed by atoms with Gasteiger partial charge in [-0.25, -0.2) is 0 Å². The number of methoxy groups -OCH3 is 1. The zero-order valence-electron chi connectivity index (χ0n) is 16.6. The summed E-state index contributed by atoms with van der Waals surface area (Å²) in [7, 11) is 1.75. The molecule has 2 aliphatic heterocycles. The molecule has 0 spiro atoms. The fraction of sp³-hybridized carbons (Fsp3) is 0.500. The Hall–Kier alpha value is -1.88. The van der Waals surface area contributed by atoms with Crippen molar-refractivity contribution in [3.8, 4) is 5.75 Å². The highest BCUT2D eigenvalue weighted by Crippen LogP contribution is 2.41. The monoisotopic (exact) mass is 378 g/mol. The number of nitrogens with zero attached hydrogens (tertiary/aromatic N) is 1. The highest BCUT2D eigenvalue weighted by molar-refractivity contribution is 5.38. The van der Waals surface area contributed by atoms with Gasteiger partial charge in [-0.15, -0.1) is 0 Å². The molecular formula is C24H30N2O2. The van der Waals surface area contributed by atoms with Gasteiger partial charge in [0.05, 0.1) is 12.6 Å². The zero-order chi connectivity index (χ0) is 18.9. The van der Waals surface area contributed by atoms with E-state index in [0.29, 0.717) is 6.04 Å². The molecule has 2 saturated heterocycles. The first kappa shape index (κ1) is 18.2. The Morgan fingerprint density at radius 3 is 2.50 bits per heavy atom. The molecular weight excluding hydrogens is 348 g/mol. The smallest absolute Gasteiger partial charge is 0.140 e. The van der Waals surface area contributed by atoms with Crippen LogP contribution in [0.1, 0.15) is 22.8 Å². The van der Waals surface area contributed by atoms with Crippen LogP contribution in [0, 0.1) is 11.8 Å². The number of ether oxygens (including phenoxy) is 2. The van der Waals surface area contributed by atoms with Crippen LogP contribution in [-0.2, 0) is 17.6 Å². The summed E-state index contributed by atoms with van der Waals surface area (Å²) in [5, 5.41) is 3.56. The molecule has 28 heavy (non-hydrogen) atoms. The summed E-state index contributed by atoms with van der Waals surface area (Å²) in [6.07, 6.45) is 2.16. The molecule has 148 valence electrons. The third-order valence-electron chi connectivity index (χ3n) is 6.81. The first-order valence-electron chi connectivity index (χ1n) is 10.6. The van der Waals surface area contributed by atoms with Crippen LogP contribution in [0.4, 0.5) is 0 Å². The molecule has 2 aromatic carbocycles. The highest BCUT2D eigenvalue weighted by Gasteiger charge is 2.44. The molecule has 4 atom stereocenters. The topological polar surface area (TPSA) is 33.7 Å². The van der Waals surface area contributed by atoms with E-state index in [9.17, 15) is 0 Å². The second kappa shape index (κ2) is 7.86. The third-order valence-corrected chi connectivity index (χ3v) is 6.81. The van der Waals surface area contributed by atoms with Crippen LogP contribution in [0.25, 0.3) is 0 Å². The van der Waals surface area contributed by atoms with Crippen molar-refractivity contribution >= 4 is 0 Å². The molecule has 0 bridgehead atoms. The van der Waals surface area contributed by atoms with Crippen molar-refractivity contribution < 1.29 is 9.47 Å². The zero-order valence-corrected chi connectivity index (χ0v) is 16.6. The van der Waals surface area contributed by atoms with Gasteiger partial charge in [-0.3, -0.25) is 4.90 Å². The van der Waals surface area contributed by atoms with E-state index in [4.69, 9.17) is 9.47 Å². The van der Waals surface area contributed by atoms with Gasteiger partial charge in [-0.1, -0.05) is 36.4 Å². The fourth-order valence-electron chi connectivity index (χ4n) is 5.26. The van der Waals surface area contributed by atoms with Crippen LogP contribution in [0.3, 0.4) is 0 Å². The summed E-state index contributed by atoms with van der Waals surface area (Å²) in [5.74, 6) is 2.59. The van der Waals surface area contributed by atoms with E-state index in [2.05, 4.69) is 58.7 Å². The Morgan fingerprint density at radius 2 is 1.75 bits per heavy atom. The number of benzene rings is 2. The molecule has 2 aromatic rings. The van der Waals surface area contributed by atoms with E-state index >= 15 is 0 Å². The molecule has 0 saturated carbocycles. The van der Waals surface area contributed by atoms with Crippen molar-refractivity contribution in [2.24, 2.45) is 11.8 Å². The third kappa shape index (κ3) is 3.45. The van der Waals surface area contributed by atoms with Crippen molar-refractivity contribution in [2.45, 2.75) is 25.0 Å². The summed E-state index contributed by atoms with van der Waals surface area (Å²) in [6, 6.07) is 17.8. The lowest BCUT2D eigenvalue weighted by Crippen LogP contribution is -2.40. The average Bonchev–Trinajstić information content (AvgIpc) is 3.41. The van der Waals surface area contributed by atoms with E-state index in [1.165, 1.54) is 42.9 Å². The molecule has 0 radical (unpaired) electrons. The Bertz CT molecular complexity index is 795. The van der Waals surface area contributed by atoms with E-state index in [-0.39, 0.29) is 6.10 Å². The van der Waals surface area contributed by atoms with Crippen LogP contribution in [-0.4, -0.2) is 50.8 Å². The Balaban J connectivity index is 1.35. The van der Waals surface area contributed by atoms with Crippen LogP contribution < -0.4 is 10.1 Å². The lowest BCUT2D eigenvalue weighted by atomic mass is 10.0. The molecule has 3 aliphatic rings. The minimum Gasteiger partial charge on any atom is -0.484 e. The summed E-state index contributed by atoms with van der Waals surface area (Å²) in [6.45, 7) is 5.51. The van der Waals surface area contributed by atoms with Gasteiger partial charge in [-0.2, -0.15) is 0 Å². The fourth-order valence-corrected chi connectivity index (χ4v) is 5.26. The second-order valence-corrected chi connectivity index (χ2v) is 8.53. The molecule has 2 fully saturated rings. The van der Waals surface area contributed by atoms with Gasteiger partial charge in [0.1, 0.15) is 11.9 Å². The molecule has 4 nitrogen and oxygen atoms in total. The normalized spacial score (nSPS) is 29.0. The van der Waals surface area contributed by atoms with Gasteiger partial charge in [0, 0.05) is 20.2 Å². The molecule has 0 amide bonds. The summed E-state index contributed by atoms with van der Waals surface area (Å²) < 4.78 is 11.8.